The summed E-state index contributed by atoms with van der Waals surface area (Å²) in [7, 11) is 0. The zero-order valence-corrected chi connectivity index (χ0v) is 15.4. The normalized spacial score (nSPS) is 10.6. The van der Waals surface area contributed by atoms with Crippen LogP contribution >= 0.6 is 0 Å². The first-order chi connectivity index (χ1) is 12.5. The van der Waals surface area contributed by atoms with Crippen LogP contribution in [0, 0.1) is 20.8 Å². The topological polar surface area (TPSA) is 69.0 Å². The van der Waals surface area contributed by atoms with Crippen LogP contribution in [-0.2, 0) is 0 Å². The van der Waals surface area contributed by atoms with Crippen molar-refractivity contribution in [2.45, 2.75) is 27.7 Å². The number of amides is 1. The van der Waals surface area contributed by atoms with Gasteiger partial charge in [-0.2, -0.15) is 0 Å². The third-order valence-electron chi connectivity index (χ3n) is 4.27. The monoisotopic (exact) mass is 350 g/mol. The van der Waals surface area contributed by atoms with E-state index in [0.29, 0.717) is 23.7 Å². The van der Waals surface area contributed by atoms with Gasteiger partial charge in [0, 0.05) is 5.69 Å². The van der Waals surface area contributed by atoms with Gasteiger partial charge in [-0.15, -0.1) is 5.10 Å². The molecule has 0 atom stereocenters. The van der Waals surface area contributed by atoms with E-state index in [1.165, 1.54) is 5.56 Å². The number of hydrogen-bond acceptors (Lipinski definition) is 4. The number of nitrogens with one attached hydrogen (secondary N) is 1. The Balaban J connectivity index is 1.80. The van der Waals surface area contributed by atoms with Gasteiger partial charge in [-0.05, 0) is 75.2 Å². The van der Waals surface area contributed by atoms with E-state index in [-0.39, 0.29) is 5.91 Å². The average Bonchev–Trinajstić information content (AvgIpc) is 3.01. The Morgan fingerprint density at radius 3 is 2.46 bits per heavy atom. The molecule has 0 fully saturated rings. The molecule has 0 spiro atoms. The maximum absolute atomic E-state index is 12.6. The molecular formula is C20H22N4O2. The highest BCUT2D eigenvalue weighted by Gasteiger charge is 2.17. The quantitative estimate of drug-likeness (QED) is 0.759. The molecule has 0 bridgehead atoms. The van der Waals surface area contributed by atoms with E-state index in [0.717, 1.165) is 17.0 Å². The Labute approximate surface area is 152 Å². The van der Waals surface area contributed by atoms with Gasteiger partial charge in [0.2, 0.25) is 0 Å². The molecule has 0 saturated heterocycles. The van der Waals surface area contributed by atoms with E-state index >= 15 is 0 Å². The Morgan fingerprint density at radius 2 is 1.81 bits per heavy atom. The summed E-state index contributed by atoms with van der Waals surface area (Å²) in [6, 6.07) is 13.3. The van der Waals surface area contributed by atoms with E-state index < -0.39 is 0 Å². The molecule has 1 amide bonds. The lowest BCUT2D eigenvalue weighted by Crippen LogP contribution is -2.14. The highest BCUT2D eigenvalue weighted by atomic mass is 16.5. The van der Waals surface area contributed by atoms with Crippen LogP contribution < -0.4 is 10.1 Å². The minimum Gasteiger partial charge on any atom is -0.494 e. The van der Waals surface area contributed by atoms with Crippen LogP contribution in [0.25, 0.3) is 5.69 Å². The maximum atomic E-state index is 12.6. The molecule has 6 heteroatoms. The summed E-state index contributed by atoms with van der Waals surface area (Å²) in [6.45, 7) is 8.47. The molecule has 0 radical (unpaired) electrons. The minimum atomic E-state index is -0.290. The van der Waals surface area contributed by atoms with Crippen molar-refractivity contribution in [1.82, 2.24) is 15.0 Å². The predicted octanol–water partition coefficient (Wildman–Crippen LogP) is 3.84. The molecule has 3 rings (SSSR count). The number of benzene rings is 2. The molecule has 6 nitrogen and oxygen atoms in total. The molecule has 0 aliphatic heterocycles. The lowest BCUT2D eigenvalue weighted by Gasteiger charge is -2.08. The summed E-state index contributed by atoms with van der Waals surface area (Å²) in [4.78, 5) is 12.6. The van der Waals surface area contributed by atoms with Crippen molar-refractivity contribution in [1.29, 1.82) is 0 Å². The highest BCUT2D eigenvalue weighted by molar-refractivity contribution is 6.03. The molecule has 3 aromatic rings. The molecule has 2 aromatic carbocycles. The molecule has 0 unspecified atom stereocenters. The first kappa shape index (κ1) is 17.7. The molecule has 1 heterocycles. The molecule has 0 aliphatic carbocycles. The fourth-order valence-electron chi connectivity index (χ4n) is 2.63. The Bertz CT molecular complexity index is 929. The van der Waals surface area contributed by atoms with Crippen molar-refractivity contribution in [3.8, 4) is 11.4 Å². The standard InChI is InChI=1S/C20H22N4O2/c1-5-26-18-10-7-16(8-11-18)21-20(25)19-15(4)24(23-22-19)17-9-6-13(2)14(3)12-17/h6-12H,5H2,1-4H3,(H,21,25). The fourth-order valence-corrected chi connectivity index (χ4v) is 2.63. The van der Waals surface area contributed by atoms with Crippen LogP contribution in [0.5, 0.6) is 5.75 Å². The lowest BCUT2D eigenvalue weighted by molar-refractivity contribution is 0.102. The van der Waals surface area contributed by atoms with E-state index in [4.69, 9.17) is 4.74 Å². The number of anilines is 1. The van der Waals surface area contributed by atoms with Gasteiger partial charge < -0.3 is 10.1 Å². The number of hydrogen-bond donors (Lipinski definition) is 1. The third kappa shape index (κ3) is 3.59. The smallest absolute Gasteiger partial charge is 0.278 e. The second-order valence-electron chi connectivity index (χ2n) is 6.12. The molecule has 1 aromatic heterocycles. The summed E-state index contributed by atoms with van der Waals surface area (Å²) < 4.78 is 7.08. The van der Waals surface area contributed by atoms with Gasteiger partial charge in [-0.3, -0.25) is 4.79 Å². The molecule has 134 valence electrons. The average molecular weight is 350 g/mol. The summed E-state index contributed by atoms with van der Waals surface area (Å²) in [6.07, 6.45) is 0. The van der Waals surface area contributed by atoms with Crippen molar-refractivity contribution in [3.63, 3.8) is 0 Å². The van der Waals surface area contributed by atoms with Gasteiger partial charge in [-0.1, -0.05) is 11.3 Å². The number of rotatable bonds is 5. The number of ether oxygens (including phenoxy) is 1. The van der Waals surface area contributed by atoms with Gasteiger partial charge in [-0.25, -0.2) is 4.68 Å². The van der Waals surface area contributed by atoms with E-state index in [2.05, 4.69) is 22.6 Å². The number of aryl methyl sites for hydroxylation is 2. The van der Waals surface area contributed by atoms with Crippen molar-refractivity contribution >= 4 is 11.6 Å². The van der Waals surface area contributed by atoms with E-state index in [1.807, 2.05) is 51.1 Å². The summed E-state index contributed by atoms with van der Waals surface area (Å²) in [5.41, 5.74) is 4.93. The van der Waals surface area contributed by atoms with Crippen LogP contribution in [0.3, 0.4) is 0 Å². The number of carbonyl (C=O) groups is 1. The molecular weight excluding hydrogens is 328 g/mol. The Morgan fingerprint density at radius 1 is 1.08 bits per heavy atom. The number of aromatic nitrogens is 3. The molecule has 0 aliphatic rings. The number of nitrogens with zero attached hydrogens (tertiary/aromatic N) is 3. The van der Waals surface area contributed by atoms with Gasteiger partial charge in [0.1, 0.15) is 5.75 Å². The first-order valence-electron chi connectivity index (χ1n) is 8.53. The van der Waals surface area contributed by atoms with Crippen LogP contribution in [-0.4, -0.2) is 27.5 Å². The highest BCUT2D eigenvalue weighted by Crippen LogP contribution is 2.19. The number of carbonyl (C=O) groups excluding carboxylic acids is 1. The summed E-state index contributed by atoms with van der Waals surface area (Å²) in [5.74, 6) is 0.476. The van der Waals surface area contributed by atoms with Gasteiger partial charge in [0.15, 0.2) is 5.69 Å². The zero-order chi connectivity index (χ0) is 18.7. The van der Waals surface area contributed by atoms with Crippen molar-refractivity contribution < 1.29 is 9.53 Å². The van der Waals surface area contributed by atoms with Gasteiger partial charge in [0.25, 0.3) is 5.91 Å². The first-order valence-corrected chi connectivity index (χ1v) is 8.53. The van der Waals surface area contributed by atoms with Gasteiger partial charge >= 0.3 is 0 Å². The minimum absolute atomic E-state index is 0.290. The van der Waals surface area contributed by atoms with Gasteiger partial charge in [0.05, 0.1) is 18.0 Å². The summed E-state index contributed by atoms with van der Waals surface area (Å²) >= 11 is 0. The van der Waals surface area contributed by atoms with Crippen LogP contribution in [0.2, 0.25) is 0 Å². The predicted molar refractivity (Wildman–Crippen MR) is 101 cm³/mol. The third-order valence-corrected chi connectivity index (χ3v) is 4.27. The molecule has 0 saturated carbocycles. The van der Waals surface area contributed by atoms with Crippen molar-refractivity contribution in [2.24, 2.45) is 0 Å². The maximum Gasteiger partial charge on any atom is 0.278 e. The van der Waals surface area contributed by atoms with Crippen LogP contribution in [0.4, 0.5) is 5.69 Å². The largest absolute Gasteiger partial charge is 0.494 e. The molecule has 26 heavy (non-hydrogen) atoms. The van der Waals surface area contributed by atoms with Crippen LogP contribution in [0.1, 0.15) is 34.2 Å². The van der Waals surface area contributed by atoms with E-state index in [9.17, 15) is 4.79 Å². The Kier molecular flexibility index (Phi) is 5.02. The van der Waals surface area contributed by atoms with Crippen LogP contribution in [0.15, 0.2) is 42.5 Å². The lowest BCUT2D eigenvalue weighted by atomic mass is 10.1. The van der Waals surface area contributed by atoms with Crippen molar-refractivity contribution in [2.75, 3.05) is 11.9 Å². The van der Waals surface area contributed by atoms with Crippen molar-refractivity contribution in [3.05, 3.63) is 65.0 Å². The zero-order valence-electron chi connectivity index (χ0n) is 15.4. The second kappa shape index (κ2) is 7.39. The molecule has 1 N–H and O–H groups in total. The Hall–Kier alpha value is -3.15. The SMILES string of the molecule is CCOc1ccc(NC(=O)c2nnn(-c3ccc(C)c(C)c3)c2C)cc1. The fraction of sp³-hybridized carbons (Fsp3) is 0.250. The van der Waals surface area contributed by atoms with E-state index in [1.54, 1.807) is 16.8 Å². The summed E-state index contributed by atoms with van der Waals surface area (Å²) in [5, 5.41) is 11.1. The second-order valence-corrected chi connectivity index (χ2v) is 6.12.